The van der Waals surface area contributed by atoms with Gasteiger partial charge in [0.15, 0.2) is 5.96 Å². The van der Waals surface area contributed by atoms with Gasteiger partial charge in [0.05, 0.1) is 19.3 Å². The van der Waals surface area contributed by atoms with Crippen LogP contribution in [0.15, 0.2) is 53.5 Å². The highest BCUT2D eigenvalue weighted by atomic mass is 127. The highest BCUT2D eigenvalue weighted by molar-refractivity contribution is 14.0. The van der Waals surface area contributed by atoms with Crippen molar-refractivity contribution in [3.05, 3.63) is 65.2 Å². The van der Waals surface area contributed by atoms with Gasteiger partial charge in [-0.2, -0.15) is 0 Å². The van der Waals surface area contributed by atoms with E-state index in [4.69, 9.17) is 4.74 Å². The van der Waals surface area contributed by atoms with Crippen molar-refractivity contribution in [3.63, 3.8) is 0 Å². The number of aryl methyl sites for hydroxylation is 1. The Labute approximate surface area is 220 Å². The van der Waals surface area contributed by atoms with E-state index in [0.29, 0.717) is 13.0 Å². The smallest absolute Gasteiger partial charge is 0.227 e. The zero-order chi connectivity index (χ0) is 23.0. The van der Waals surface area contributed by atoms with Crippen molar-refractivity contribution < 1.29 is 9.53 Å². The van der Waals surface area contributed by atoms with Crippen molar-refractivity contribution in [2.45, 2.75) is 32.4 Å². The van der Waals surface area contributed by atoms with Crippen LogP contribution in [0.5, 0.6) is 0 Å². The van der Waals surface area contributed by atoms with Gasteiger partial charge in [0.1, 0.15) is 0 Å². The lowest BCUT2D eigenvalue weighted by molar-refractivity contribution is -0.117. The average Bonchev–Trinajstić information content (AvgIpc) is 3.28. The number of nitrogens with one attached hydrogen (secondary N) is 2. The zero-order valence-electron chi connectivity index (χ0n) is 20.1. The van der Waals surface area contributed by atoms with Crippen LogP contribution in [-0.2, 0) is 16.1 Å². The molecule has 2 aromatic rings. The number of ether oxygens (including phenoxy) is 1. The molecule has 2 N–H and O–H groups in total. The first-order chi connectivity index (χ1) is 16.1. The number of amides is 1. The van der Waals surface area contributed by atoms with E-state index in [1.165, 1.54) is 11.1 Å². The Morgan fingerprint density at radius 3 is 2.50 bits per heavy atom. The fourth-order valence-corrected chi connectivity index (χ4v) is 4.54. The number of nitrogens with zero attached hydrogens (tertiary/aromatic N) is 3. The molecule has 0 radical (unpaired) electrons. The van der Waals surface area contributed by atoms with E-state index in [-0.39, 0.29) is 35.9 Å². The number of aliphatic imine (C=N–C) groups is 1. The number of rotatable bonds is 7. The van der Waals surface area contributed by atoms with E-state index >= 15 is 0 Å². The van der Waals surface area contributed by atoms with E-state index in [9.17, 15) is 4.79 Å². The van der Waals surface area contributed by atoms with Gasteiger partial charge in [0, 0.05) is 51.9 Å². The average molecular weight is 578 g/mol. The molecule has 2 fully saturated rings. The Morgan fingerprint density at radius 1 is 1.09 bits per heavy atom. The lowest BCUT2D eigenvalue weighted by Crippen LogP contribution is -2.46. The summed E-state index contributed by atoms with van der Waals surface area (Å²) >= 11 is 0. The zero-order valence-corrected chi connectivity index (χ0v) is 22.5. The minimum atomic E-state index is 0. The first kappa shape index (κ1) is 26.4. The summed E-state index contributed by atoms with van der Waals surface area (Å²) in [4.78, 5) is 20.7. The molecule has 2 heterocycles. The summed E-state index contributed by atoms with van der Waals surface area (Å²) in [6.07, 6.45) is 1.59. The Kier molecular flexibility index (Phi) is 10.2. The summed E-state index contributed by atoms with van der Waals surface area (Å²) in [6, 6.07) is 17.2. The normalized spacial score (nSPS) is 17.9. The number of carbonyl (C=O) groups excluding carboxylic acids is 1. The second-order valence-electron chi connectivity index (χ2n) is 8.70. The van der Waals surface area contributed by atoms with Gasteiger partial charge in [0.25, 0.3) is 0 Å². The summed E-state index contributed by atoms with van der Waals surface area (Å²) in [5.74, 6) is 0.994. The molecule has 8 heteroatoms. The fraction of sp³-hybridized carbons (Fsp3) is 0.462. The van der Waals surface area contributed by atoms with Crippen molar-refractivity contribution in [2.75, 3.05) is 51.3 Å². The van der Waals surface area contributed by atoms with Gasteiger partial charge in [-0.05, 0) is 36.6 Å². The summed E-state index contributed by atoms with van der Waals surface area (Å²) in [6.45, 7) is 7.79. The third-order valence-electron chi connectivity index (χ3n) is 6.38. The van der Waals surface area contributed by atoms with Crippen LogP contribution in [0.3, 0.4) is 0 Å². The monoisotopic (exact) mass is 577 g/mol. The molecule has 7 nitrogen and oxygen atoms in total. The first-order valence-electron chi connectivity index (χ1n) is 11.9. The SMILES string of the molecule is CN=C(NCc1ccc(N2CCCC2=O)cc1)NCC(c1cccc(C)c1)N1CCOCC1.I. The predicted molar refractivity (Wildman–Crippen MR) is 148 cm³/mol. The predicted octanol–water partition coefficient (Wildman–Crippen LogP) is 3.48. The number of carbonyl (C=O) groups is 1. The highest BCUT2D eigenvalue weighted by Crippen LogP contribution is 2.23. The maximum atomic E-state index is 12.0. The number of anilines is 1. The van der Waals surface area contributed by atoms with Crippen LogP contribution in [0, 0.1) is 6.92 Å². The van der Waals surface area contributed by atoms with Crippen molar-refractivity contribution in [3.8, 4) is 0 Å². The Bertz CT molecular complexity index is 960. The standard InChI is InChI=1S/C26H35N5O2.HI/c1-20-5-3-6-22(17-20)24(30-13-15-33-16-14-30)19-29-26(27-2)28-18-21-8-10-23(11-9-21)31-12-4-7-25(31)32;/h3,5-6,8-11,17,24H,4,7,12-16,18-19H2,1-2H3,(H2,27,28,29);1H. The molecule has 2 saturated heterocycles. The third kappa shape index (κ3) is 6.93. The van der Waals surface area contributed by atoms with Gasteiger partial charge >= 0.3 is 0 Å². The number of benzene rings is 2. The molecule has 34 heavy (non-hydrogen) atoms. The van der Waals surface area contributed by atoms with E-state index in [1.54, 1.807) is 7.05 Å². The highest BCUT2D eigenvalue weighted by Gasteiger charge is 2.23. The fourth-order valence-electron chi connectivity index (χ4n) is 4.54. The van der Waals surface area contributed by atoms with Crippen LogP contribution in [0.1, 0.15) is 35.6 Å². The number of halogens is 1. The molecular formula is C26H36IN5O2. The van der Waals surface area contributed by atoms with Gasteiger partial charge in [-0.25, -0.2) is 0 Å². The summed E-state index contributed by atoms with van der Waals surface area (Å²) < 4.78 is 5.57. The molecule has 1 amide bonds. The Balaban J connectivity index is 0.00000324. The van der Waals surface area contributed by atoms with Crippen LogP contribution in [0.2, 0.25) is 0 Å². The molecule has 2 aromatic carbocycles. The van der Waals surface area contributed by atoms with E-state index in [1.807, 2.05) is 17.0 Å². The van der Waals surface area contributed by atoms with Crippen molar-refractivity contribution in [2.24, 2.45) is 4.99 Å². The molecule has 0 aliphatic carbocycles. The molecule has 4 rings (SSSR count). The maximum absolute atomic E-state index is 12.0. The molecule has 2 aliphatic rings. The lowest BCUT2D eigenvalue weighted by atomic mass is 10.0. The van der Waals surface area contributed by atoms with Crippen LogP contribution in [-0.4, -0.2) is 63.2 Å². The summed E-state index contributed by atoms with van der Waals surface area (Å²) in [5.41, 5.74) is 4.71. The second kappa shape index (κ2) is 13.1. The minimum absolute atomic E-state index is 0. The van der Waals surface area contributed by atoms with E-state index < -0.39 is 0 Å². The molecule has 184 valence electrons. The quantitative estimate of drug-likeness (QED) is 0.300. The number of morpholine rings is 1. The van der Waals surface area contributed by atoms with Crippen LogP contribution in [0.25, 0.3) is 0 Å². The van der Waals surface area contributed by atoms with Gasteiger partial charge in [-0.1, -0.05) is 42.0 Å². The van der Waals surface area contributed by atoms with Gasteiger partial charge in [-0.15, -0.1) is 24.0 Å². The molecular weight excluding hydrogens is 541 g/mol. The van der Waals surface area contributed by atoms with E-state index in [2.05, 4.69) is 63.8 Å². The van der Waals surface area contributed by atoms with Gasteiger partial charge in [-0.3, -0.25) is 14.7 Å². The van der Waals surface area contributed by atoms with Crippen molar-refractivity contribution in [1.82, 2.24) is 15.5 Å². The summed E-state index contributed by atoms with van der Waals surface area (Å²) in [5, 5.41) is 6.94. The number of hydrogen-bond donors (Lipinski definition) is 2. The topological polar surface area (TPSA) is 69.2 Å². The van der Waals surface area contributed by atoms with Crippen LogP contribution >= 0.6 is 24.0 Å². The molecule has 0 aromatic heterocycles. The van der Waals surface area contributed by atoms with Gasteiger partial charge in [0.2, 0.25) is 5.91 Å². The molecule has 0 saturated carbocycles. The lowest BCUT2D eigenvalue weighted by Gasteiger charge is -2.35. The number of hydrogen-bond acceptors (Lipinski definition) is 4. The van der Waals surface area contributed by atoms with Crippen molar-refractivity contribution in [1.29, 1.82) is 0 Å². The molecule has 1 unspecified atom stereocenters. The second-order valence-corrected chi connectivity index (χ2v) is 8.70. The molecule has 0 spiro atoms. The van der Waals surface area contributed by atoms with E-state index in [0.717, 1.165) is 63.0 Å². The number of guanidine groups is 1. The van der Waals surface area contributed by atoms with Gasteiger partial charge < -0.3 is 20.3 Å². The molecule has 2 aliphatic heterocycles. The molecule has 0 bridgehead atoms. The van der Waals surface area contributed by atoms with Crippen LogP contribution in [0.4, 0.5) is 5.69 Å². The maximum Gasteiger partial charge on any atom is 0.227 e. The molecule has 1 atom stereocenters. The minimum Gasteiger partial charge on any atom is -0.379 e. The summed E-state index contributed by atoms with van der Waals surface area (Å²) in [7, 11) is 1.80. The van der Waals surface area contributed by atoms with Crippen molar-refractivity contribution >= 4 is 41.5 Å². The largest absolute Gasteiger partial charge is 0.379 e. The Morgan fingerprint density at radius 2 is 1.85 bits per heavy atom. The van der Waals surface area contributed by atoms with Crippen LogP contribution < -0.4 is 15.5 Å². The Hall–Kier alpha value is -2.17. The third-order valence-corrected chi connectivity index (χ3v) is 6.38. The first-order valence-corrected chi connectivity index (χ1v) is 11.9.